The van der Waals surface area contributed by atoms with Gasteiger partial charge in [-0.1, -0.05) is 44.8 Å². The zero-order chi connectivity index (χ0) is 16.0. The van der Waals surface area contributed by atoms with Crippen LogP contribution in [0.3, 0.4) is 0 Å². The summed E-state index contributed by atoms with van der Waals surface area (Å²) in [6, 6.07) is -0.414. The minimum absolute atomic E-state index is 0.0321. The standard InChI is InChI=1S/C18H31NO3/c1-2-3-4-5-6-7-8-9-10-11-12-13-17(20)19-16-14-15-22-18(16)21/h7-8,16H,2-6,9-15H2,1H3,(H,19,20)/t16-/m0/s1. The number of carbonyl (C=O) groups excluding carboxylic acids is 2. The van der Waals surface area contributed by atoms with Gasteiger partial charge < -0.3 is 10.1 Å². The molecule has 22 heavy (non-hydrogen) atoms. The molecule has 0 aliphatic carbocycles. The Morgan fingerprint density at radius 2 is 1.82 bits per heavy atom. The monoisotopic (exact) mass is 309 g/mol. The average Bonchev–Trinajstić information content (AvgIpc) is 2.90. The molecule has 1 amide bonds. The molecule has 1 rings (SSSR count). The Hall–Kier alpha value is -1.32. The molecule has 1 fully saturated rings. The molecular weight excluding hydrogens is 278 g/mol. The van der Waals surface area contributed by atoms with Crippen LogP contribution in [0, 0.1) is 0 Å². The van der Waals surface area contributed by atoms with Gasteiger partial charge >= 0.3 is 5.97 Å². The number of amides is 1. The molecule has 4 heteroatoms. The van der Waals surface area contributed by atoms with Gasteiger partial charge in [-0.3, -0.25) is 4.79 Å². The second-order valence-electron chi connectivity index (χ2n) is 6.00. The first-order valence-corrected chi connectivity index (χ1v) is 8.85. The van der Waals surface area contributed by atoms with Crippen LogP contribution in [0.1, 0.15) is 77.6 Å². The molecular formula is C18H31NO3. The largest absolute Gasteiger partial charge is 0.464 e. The van der Waals surface area contributed by atoms with Crippen LogP contribution >= 0.6 is 0 Å². The zero-order valence-corrected chi connectivity index (χ0v) is 13.9. The molecule has 0 spiro atoms. The van der Waals surface area contributed by atoms with Gasteiger partial charge in [-0.2, -0.15) is 0 Å². The fourth-order valence-corrected chi connectivity index (χ4v) is 2.54. The van der Waals surface area contributed by atoms with E-state index in [1.54, 1.807) is 0 Å². The first kappa shape index (κ1) is 18.7. The fourth-order valence-electron chi connectivity index (χ4n) is 2.54. The van der Waals surface area contributed by atoms with Gasteiger partial charge in [0.15, 0.2) is 0 Å². The van der Waals surface area contributed by atoms with E-state index >= 15 is 0 Å². The summed E-state index contributed by atoms with van der Waals surface area (Å²) in [5, 5.41) is 2.74. The maximum Gasteiger partial charge on any atom is 0.328 e. The number of hydrogen-bond acceptors (Lipinski definition) is 3. The normalized spacial score (nSPS) is 17.9. The Morgan fingerprint density at radius 1 is 1.14 bits per heavy atom. The highest BCUT2D eigenvalue weighted by molar-refractivity contribution is 5.85. The van der Waals surface area contributed by atoms with Gasteiger partial charge in [0, 0.05) is 12.8 Å². The highest BCUT2D eigenvalue weighted by Crippen LogP contribution is 2.08. The van der Waals surface area contributed by atoms with Crippen molar-refractivity contribution in [2.75, 3.05) is 6.61 Å². The third kappa shape index (κ3) is 8.85. The molecule has 4 nitrogen and oxygen atoms in total. The van der Waals surface area contributed by atoms with Crippen LogP contribution in [0.15, 0.2) is 12.2 Å². The summed E-state index contributed by atoms with van der Waals surface area (Å²) in [6.45, 7) is 2.66. The number of ether oxygens (including phenoxy) is 1. The van der Waals surface area contributed by atoms with E-state index in [9.17, 15) is 9.59 Å². The fraction of sp³-hybridized carbons (Fsp3) is 0.778. The summed E-state index contributed by atoms with van der Waals surface area (Å²) >= 11 is 0. The summed E-state index contributed by atoms with van der Waals surface area (Å²) in [7, 11) is 0. The molecule has 1 aliphatic heterocycles. The highest BCUT2D eigenvalue weighted by atomic mass is 16.5. The van der Waals surface area contributed by atoms with Crippen molar-refractivity contribution < 1.29 is 14.3 Å². The smallest absolute Gasteiger partial charge is 0.328 e. The van der Waals surface area contributed by atoms with Gasteiger partial charge in [-0.05, 0) is 32.1 Å². The minimum atomic E-state index is -0.414. The van der Waals surface area contributed by atoms with E-state index in [1.807, 2.05) is 0 Å². The third-order valence-corrected chi connectivity index (χ3v) is 3.94. The molecule has 0 aromatic rings. The number of esters is 1. The van der Waals surface area contributed by atoms with E-state index in [4.69, 9.17) is 4.74 Å². The maximum absolute atomic E-state index is 11.7. The Morgan fingerprint density at radius 3 is 2.41 bits per heavy atom. The lowest BCUT2D eigenvalue weighted by Crippen LogP contribution is -2.37. The minimum Gasteiger partial charge on any atom is -0.464 e. The molecule has 1 N–H and O–H groups in total. The molecule has 1 atom stereocenters. The number of hydrogen-bond donors (Lipinski definition) is 1. The summed E-state index contributed by atoms with van der Waals surface area (Å²) < 4.78 is 4.82. The van der Waals surface area contributed by atoms with E-state index < -0.39 is 6.04 Å². The summed E-state index contributed by atoms with van der Waals surface area (Å²) in [5.74, 6) is -0.326. The second kappa shape index (κ2) is 12.2. The van der Waals surface area contributed by atoms with Crippen molar-refractivity contribution in [1.29, 1.82) is 0 Å². The van der Waals surface area contributed by atoms with Gasteiger partial charge in [0.25, 0.3) is 0 Å². The zero-order valence-electron chi connectivity index (χ0n) is 13.9. The lowest BCUT2D eigenvalue weighted by molar-refractivity contribution is -0.141. The topological polar surface area (TPSA) is 55.4 Å². The molecule has 0 bridgehead atoms. The molecule has 0 radical (unpaired) electrons. The number of cyclic esters (lactones) is 1. The molecule has 1 heterocycles. The Balaban J connectivity index is 1.89. The molecule has 0 aromatic heterocycles. The van der Waals surface area contributed by atoms with E-state index in [0.717, 1.165) is 25.7 Å². The van der Waals surface area contributed by atoms with Crippen LogP contribution in [0.5, 0.6) is 0 Å². The van der Waals surface area contributed by atoms with E-state index in [1.165, 1.54) is 32.1 Å². The van der Waals surface area contributed by atoms with Crippen molar-refractivity contribution in [3.63, 3.8) is 0 Å². The summed E-state index contributed by atoms with van der Waals surface area (Å²) in [5.41, 5.74) is 0. The SMILES string of the molecule is CCCCCCC=CCCCCCC(=O)N[C@H]1CCOC1=O. The molecule has 0 saturated carbocycles. The number of rotatable bonds is 12. The van der Waals surface area contributed by atoms with Crippen LogP contribution in [0.25, 0.3) is 0 Å². The second-order valence-corrected chi connectivity index (χ2v) is 6.00. The van der Waals surface area contributed by atoms with Crippen LogP contribution in [-0.2, 0) is 14.3 Å². The van der Waals surface area contributed by atoms with Crippen LogP contribution in [-0.4, -0.2) is 24.5 Å². The van der Waals surface area contributed by atoms with Crippen molar-refractivity contribution in [2.24, 2.45) is 0 Å². The average molecular weight is 309 g/mol. The van der Waals surface area contributed by atoms with Gasteiger partial charge in [-0.15, -0.1) is 0 Å². The van der Waals surface area contributed by atoms with Crippen molar-refractivity contribution in [3.05, 3.63) is 12.2 Å². The predicted molar refractivity (Wildman–Crippen MR) is 88.5 cm³/mol. The van der Waals surface area contributed by atoms with E-state index in [2.05, 4.69) is 24.4 Å². The number of allylic oxidation sites excluding steroid dienone is 2. The predicted octanol–water partition coefficient (Wildman–Crippen LogP) is 3.90. The molecule has 126 valence electrons. The Labute approximate surface area is 134 Å². The van der Waals surface area contributed by atoms with Crippen molar-refractivity contribution >= 4 is 11.9 Å². The molecule has 0 aromatic carbocycles. The molecule has 1 saturated heterocycles. The number of unbranched alkanes of at least 4 members (excludes halogenated alkanes) is 7. The van der Waals surface area contributed by atoms with Crippen LogP contribution in [0.2, 0.25) is 0 Å². The van der Waals surface area contributed by atoms with Gasteiger partial charge in [0.05, 0.1) is 6.61 Å². The first-order chi connectivity index (χ1) is 10.7. The van der Waals surface area contributed by atoms with E-state index in [-0.39, 0.29) is 11.9 Å². The first-order valence-electron chi connectivity index (χ1n) is 8.85. The van der Waals surface area contributed by atoms with E-state index in [0.29, 0.717) is 19.4 Å². The quantitative estimate of drug-likeness (QED) is 0.338. The van der Waals surface area contributed by atoms with Crippen LogP contribution in [0.4, 0.5) is 0 Å². The third-order valence-electron chi connectivity index (χ3n) is 3.94. The number of nitrogens with one attached hydrogen (secondary N) is 1. The molecule has 0 unspecified atom stereocenters. The van der Waals surface area contributed by atoms with Gasteiger partial charge in [0.1, 0.15) is 6.04 Å². The van der Waals surface area contributed by atoms with Crippen molar-refractivity contribution in [3.8, 4) is 0 Å². The maximum atomic E-state index is 11.7. The van der Waals surface area contributed by atoms with Gasteiger partial charge in [0.2, 0.25) is 5.91 Å². The lowest BCUT2D eigenvalue weighted by Gasteiger charge is -2.08. The van der Waals surface area contributed by atoms with Crippen molar-refractivity contribution in [2.45, 2.75) is 83.6 Å². The Kier molecular flexibility index (Phi) is 10.4. The Bertz CT molecular complexity index is 352. The lowest BCUT2D eigenvalue weighted by atomic mass is 10.1. The van der Waals surface area contributed by atoms with Crippen molar-refractivity contribution in [1.82, 2.24) is 5.32 Å². The van der Waals surface area contributed by atoms with Crippen LogP contribution < -0.4 is 5.32 Å². The van der Waals surface area contributed by atoms with Gasteiger partial charge in [-0.25, -0.2) is 4.79 Å². The molecule has 1 aliphatic rings. The summed E-state index contributed by atoms with van der Waals surface area (Å²) in [6.07, 6.45) is 16.3. The summed E-state index contributed by atoms with van der Waals surface area (Å²) in [4.78, 5) is 22.9. The highest BCUT2D eigenvalue weighted by Gasteiger charge is 2.27. The number of carbonyl (C=O) groups is 2.